The second-order valence-corrected chi connectivity index (χ2v) is 3.37. The molecule has 2 rings (SSSR count). The molecular weight excluding hydrogens is 136 g/mol. The van der Waals surface area contributed by atoms with Gasteiger partial charge in [-0.05, 0) is 31.4 Å². The lowest BCUT2D eigenvalue weighted by Crippen LogP contribution is -2.46. The topological polar surface area (TPSA) is 30.9 Å². The van der Waals surface area contributed by atoms with Crippen molar-refractivity contribution in [2.75, 3.05) is 6.54 Å². The third-order valence-electron chi connectivity index (χ3n) is 2.82. The van der Waals surface area contributed by atoms with E-state index in [0.29, 0.717) is 0 Å². The molecule has 11 heavy (non-hydrogen) atoms. The van der Waals surface area contributed by atoms with Gasteiger partial charge in [-0.3, -0.25) is 0 Å². The van der Waals surface area contributed by atoms with Crippen LogP contribution >= 0.6 is 0 Å². The zero-order valence-corrected chi connectivity index (χ0v) is 6.66. The molecule has 2 nitrogen and oxygen atoms in total. The van der Waals surface area contributed by atoms with Crippen LogP contribution in [0.2, 0.25) is 0 Å². The van der Waals surface area contributed by atoms with Crippen molar-refractivity contribution in [3.05, 3.63) is 24.5 Å². The molecule has 2 N–H and O–H groups in total. The Bertz CT molecular complexity index is 216. The van der Waals surface area contributed by atoms with Crippen LogP contribution in [0.5, 0.6) is 0 Å². The van der Waals surface area contributed by atoms with Crippen molar-refractivity contribution in [2.24, 2.45) is 5.73 Å². The van der Waals surface area contributed by atoms with Crippen molar-refractivity contribution in [3.63, 3.8) is 0 Å². The second kappa shape index (κ2) is 2.38. The summed E-state index contributed by atoms with van der Waals surface area (Å²) in [5.74, 6) is 0. The van der Waals surface area contributed by atoms with Crippen LogP contribution in [-0.2, 0) is 5.54 Å². The Labute approximate surface area is 67.0 Å². The molecule has 0 aliphatic heterocycles. The Balaban J connectivity index is 2.25. The lowest BCUT2D eigenvalue weighted by molar-refractivity contribution is 0.153. The first-order valence-electron chi connectivity index (χ1n) is 4.21. The summed E-state index contributed by atoms with van der Waals surface area (Å²) in [5, 5.41) is 0. The largest absolute Gasteiger partial charge is 0.347 e. The van der Waals surface area contributed by atoms with E-state index in [0.717, 1.165) is 6.54 Å². The van der Waals surface area contributed by atoms with Crippen LogP contribution in [0.3, 0.4) is 0 Å². The normalized spacial score (nSPS) is 21.2. The summed E-state index contributed by atoms with van der Waals surface area (Å²) in [6.45, 7) is 0.779. The van der Waals surface area contributed by atoms with Crippen LogP contribution in [0.15, 0.2) is 24.5 Å². The number of nitrogens with two attached hydrogens (primary N) is 1. The van der Waals surface area contributed by atoms with Gasteiger partial charge in [-0.25, -0.2) is 0 Å². The van der Waals surface area contributed by atoms with E-state index in [1.807, 2.05) is 0 Å². The maximum absolute atomic E-state index is 5.74. The molecule has 1 aliphatic rings. The van der Waals surface area contributed by atoms with Gasteiger partial charge >= 0.3 is 0 Å². The summed E-state index contributed by atoms with van der Waals surface area (Å²) < 4.78 is 2.26. The van der Waals surface area contributed by atoms with Crippen LogP contribution in [0.1, 0.15) is 19.3 Å². The first-order chi connectivity index (χ1) is 5.37. The van der Waals surface area contributed by atoms with Gasteiger partial charge in [-0.1, -0.05) is 0 Å². The van der Waals surface area contributed by atoms with Crippen LogP contribution in [0.25, 0.3) is 0 Å². The molecule has 60 valence electrons. The number of aromatic nitrogens is 1. The highest BCUT2D eigenvalue weighted by Crippen LogP contribution is 2.37. The molecule has 0 unspecified atom stereocenters. The highest BCUT2D eigenvalue weighted by Gasteiger charge is 2.36. The molecule has 0 aromatic carbocycles. The van der Waals surface area contributed by atoms with Crippen molar-refractivity contribution >= 4 is 0 Å². The third-order valence-corrected chi connectivity index (χ3v) is 2.82. The Kier molecular flexibility index (Phi) is 1.50. The van der Waals surface area contributed by atoms with Crippen LogP contribution < -0.4 is 5.73 Å². The third kappa shape index (κ3) is 0.897. The summed E-state index contributed by atoms with van der Waals surface area (Å²) in [4.78, 5) is 0. The molecule has 0 atom stereocenters. The standard InChI is InChI=1S/C9H14N2/c10-8-9(4-3-5-9)11-6-1-2-7-11/h1-2,6-7H,3-5,8,10H2. The van der Waals surface area contributed by atoms with E-state index in [1.165, 1.54) is 19.3 Å². The van der Waals surface area contributed by atoms with Gasteiger partial charge in [-0.2, -0.15) is 0 Å². The molecule has 0 radical (unpaired) electrons. The monoisotopic (exact) mass is 150 g/mol. The average molecular weight is 150 g/mol. The fourth-order valence-corrected chi connectivity index (χ4v) is 1.80. The van der Waals surface area contributed by atoms with Gasteiger partial charge in [0, 0.05) is 18.9 Å². The van der Waals surface area contributed by atoms with E-state index in [2.05, 4.69) is 29.1 Å². The molecule has 1 aromatic heterocycles. The quantitative estimate of drug-likeness (QED) is 0.677. The molecule has 1 saturated carbocycles. The fraction of sp³-hybridized carbons (Fsp3) is 0.556. The minimum atomic E-state index is 0.281. The van der Waals surface area contributed by atoms with Crippen LogP contribution in [0, 0.1) is 0 Å². The number of rotatable bonds is 2. The van der Waals surface area contributed by atoms with Gasteiger partial charge in [-0.15, -0.1) is 0 Å². The molecular formula is C9H14N2. The molecule has 1 fully saturated rings. The molecule has 0 saturated heterocycles. The van der Waals surface area contributed by atoms with E-state index < -0.39 is 0 Å². The van der Waals surface area contributed by atoms with E-state index in [1.54, 1.807) is 0 Å². The van der Waals surface area contributed by atoms with Gasteiger partial charge in [0.25, 0.3) is 0 Å². The Morgan fingerprint density at radius 1 is 1.27 bits per heavy atom. The summed E-state index contributed by atoms with van der Waals surface area (Å²) in [7, 11) is 0. The SMILES string of the molecule is NCC1(n2cccc2)CCC1. The number of nitrogens with zero attached hydrogens (tertiary/aromatic N) is 1. The van der Waals surface area contributed by atoms with Crippen molar-refractivity contribution < 1.29 is 0 Å². The predicted octanol–water partition coefficient (Wildman–Crippen LogP) is 1.33. The van der Waals surface area contributed by atoms with Gasteiger partial charge < -0.3 is 10.3 Å². The van der Waals surface area contributed by atoms with E-state index in [9.17, 15) is 0 Å². The van der Waals surface area contributed by atoms with Gasteiger partial charge in [0.05, 0.1) is 5.54 Å². The summed E-state index contributed by atoms with van der Waals surface area (Å²) in [5.41, 5.74) is 6.02. The van der Waals surface area contributed by atoms with Gasteiger partial charge in [0.1, 0.15) is 0 Å². The van der Waals surface area contributed by atoms with Crippen molar-refractivity contribution in [1.29, 1.82) is 0 Å². The van der Waals surface area contributed by atoms with Gasteiger partial charge in [0.15, 0.2) is 0 Å². The van der Waals surface area contributed by atoms with Crippen molar-refractivity contribution in [3.8, 4) is 0 Å². The van der Waals surface area contributed by atoms with E-state index in [-0.39, 0.29) is 5.54 Å². The second-order valence-electron chi connectivity index (χ2n) is 3.37. The van der Waals surface area contributed by atoms with Crippen molar-refractivity contribution in [1.82, 2.24) is 4.57 Å². The molecule has 0 spiro atoms. The number of hydrogen-bond acceptors (Lipinski definition) is 1. The molecule has 2 heteroatoms. The highest BCUT2D eigenvalue weighted by atomic mass is 15.1. The predicted molar refractivity (Wildman–Crippen MR) is 45.3 cm³/mol. The number of hydrogen-bond donors (Lipinski definition) is 1. The molecule has 1 aromatic rings. The smallest absolute Gasteiger partial charge is 0.0561 e. The minimum absolute atomic E-state index is 0.281. The molecule has 0 bridgehead atoms. The molecule has 1 heterocycles. The highest BCUT2D eigenvalue weighted by molar-refractivity contribution is 5.03. The summed E-state index contributed by atoms with van der Waals surface area (Å²) in [6, 6.07) is 4.13. The van der Waals surface area contributed by atoms with E-state index in [4.69, 9.17) is 5.73 Å². The Morgan fingerprint density at radius 3 is 2.27 bits per heavy atom. The lowest BCUT2D eigenvalue weighted by Gasteiger charge is -2.42. The summed E-state index contributed by atoms with van der Waals surface area (Å²) >= 11 is 0. The van der Waals surface area contributed by atoms with Gasteiger partial charge in [0.2, 0.25) is 0 Å². The maximum Gasteiger partial charge on any atom is 0.0561 e. The molecule has 0 amide bonds. The Hall–Kier alpha value is -0.760. The summed E-state index contributed by atoms with van der Waals surface area (Å²) in [6.07, 6.45) is 8.06. The van der Waals surface area contributed by atoms with Crippen LogP contribution in [-0.4, -0.2) is 11.1 Å². The zero-order chi connectivity index (χ0) is 7.73. The minimum Gasteiger partial charge on any atom is -0.347 e. The van der Waals surface area contributed by atoms with Crippen molar-refractivity contribution in [2.45, 2.75) is 24.8 Å². The zero-order valence-electron chi connectivity index (χ0n) is 6.66. The maximum atomic E-state index is 5.74. The lowest BCUT2D eigenvalue weighted by atomic mass is 9.76. The molecule has 1 aliphatic carbocycles. The van der Waals surface area contributed by atoms with E-state index >= 15 is 0 Å². The fourth-order valence-electron chi connectivity index (χ4n) is 1.80. The van der Waals surface area contributed by atoms with Crippen LogP contribution in [0.4, 0.5) is 0 Å². The average Bonchev–Trinajstić information content (AvgIpc) is 2.39. The first-order valence-corrected chi connectivity index (χ1v) is 4.21. The first kappa shape index (κ1) is 6.92. The Morgan fingerprint density at radius 2 is 1.91 bits per heavy atom.